The van der Waals surface area contributed by atoms with E-state index in [0.717, 1.165) is 11.1 Å². The maximum Gasteiger partial charge on any atom is 0.330 e. The van der Waals surface area contributed by atoms with Crippen LogP contribution in [0.4, 0.5) is 0 Å². The number of hydrogen-bond donors (Lipinski definition) is 0. The first-order chi connectivity index (χ1) is 6.65. The average molecular weight is 211 g/mol. The number of carbonyl (C=O) groups is 1. The van der Waals surface area contributed by atoms with E-state index in [4.69, 9.17) is 11.6 Å². The van der Waals surface area contributed by atoms with Crippen molar-refractivity contribution in [3.63, 3.8) is 0 Å². The van der Waals surface area contributed by atoms with Crippen molar-refractivity contribution in [3.05, 3.63) is 40.4 Å². The number of hydrogen-bond acceptors (Lipinski definition) is 2. The monoisotopic (exact) mass is 210 g/mol. The number of methoxy groups -OCH3 is 1. The Morgan fingerprint density at radius 1 is 1.50 bits per heavy atom. The van der Waals surface area contributed by atoms with E-state index in [-0.39, 0.29) is 5.97 Å². The summed E-state index contributed by atoms with van der Waals surface area (Å²) in [5.74, 6) is -0.371. The molecule has 0 bridgehead atoms. The van der Waals surface area contributed by atoms with Crippen molar-refractivity contribution in [1.82, 2.24) is 0 Å². The SMILES string of the molecule is COC(=O)/C=C/c1cccc(Cl)c1C. The van der Waals surface area contributed by atoms with Crippen molar-refractivity contribution < 1.29 is 9.53 Å². The Balaban J connectivity index is 2.92. The molecule has 1 rings (SSSR count). The molecule has 1 aromatic carbocycles. The lowest BCUT2D eigenvalue weighted by atomic mass is 10.1. The fourth-order valence-electron chi connectivity index (χ4n) is 1.03. The Morgan fingerprint density at radius 3 is 2.86 bits per heavy atom. The maximum atomic E-state index is 10.8. The van der Waals surface area contributed by atoms with Gasteiger partial charge in [-0.25, -0.2) is 4.79 Å². The molecule has 0 spiro atoms. The molecule has 0 atom stereocenters. The van der Waals surface area contributed by atoms with E-state index < -0.39 is 0 Å². The van der Waals surface area contributed by atoms with Crippen LogP contribution in [0.15, 0.2) is 24.3 Å². The molecule has 0 aliphatic heterocycles. The summed E-state index contributed by atoms with van der Waals surface area (Å²) in [6.07, 6.45) is 3.06. The summed E-state index contributed by atoms with van der Waals surface area (Å²) >= 11 is 5.91. The van der Waals surface area contributed by atoms with Crippen molar-refractivity contribution in [2.24, 2.45) is 0 Å². The van der Waals surface area contributed by atoms with Gasteiger partial charge in [-0.15, -0.1) is 0 Å². The van der Waals surface area contributed by atoms with Crippen LogP contribution >= 0.6 is 11.6 Å². The molecule has 0 saturated carbocycles. The molecular formula is C11H11ClO2. The van der Waals surface area contributed by atoms with Crippen LogP contribution < -0.4 is 0 Å². The molecule has 0 amide bonds. The Bertz CT molecular complexity index is 370. The lowest BCUT2D eigenvalue weighted by molar-refractivity contribution is -0.134. The van der Waals surface area contributed by atoms with E-state index >= 15 is 0 Å². The lowest BCUT2D eigenvalue weighted by Gasteiger charge is -2.01. The Morgan fingerprint density at radius 2 is 2.21 bits per heavy atom. The van der Waals surface area contributed by atoms with Gasteiger partial charge in [-0.2, -0.15) is 0 Å². The van der Waals surface area contributed by atoms with E-state index in [1.54, 1.807) is 6.08 Å². The largest absolute Gasteiger partial charge is 0.466 e. The first-order valence-electron chi connectivity index (χ1n) is 4.16. The smallest absolute Gasteiger partial charge is 0.330 e. The zero-order valence-electron chi connectivity index (χ0n) is 8.08. The molecule has 2 nitrogen and oxygen atoms in total. The summed E-state index contributed by atoms with van der Waals surface area (Å²) in [6.45, 7) is 1.90. The topological polar surface area (TPSA) is 26.3 Å². The van der Waals surface area contributed by atoms with Gasteiger partial charge in [-0.1, -0.05) is 23.7 Å². The Kier molecular flexibility index (Phi) is 3.72. The summed E-state index contributed by atoms with van der Waals surface area (Å²) in [4.78, 5) is 10.8. The van der Waals surface area contributed by atoms with E-state index in [2.05, 4.69) is 4.74 Å². The summed E-state index contributed by atoms with van der Waals surface area (Å²) in [6, 6.07) is 5.54. The summed E-state index contributed by atoms with van der Waals surface area (Å²) in [5, 5.41) is 0.692. The number of esters is 1. The summed E-state index contributed by atoms with van der Waals surface area (Å²) < 4.78 is 4.48. The van der Waals surface area contributed by atoms with Gasteiger partial charge in [-0.3, -0.25) is 0 Å². The quantitative estimate of drug-likeness (QED) is 0.554. The molecule has 0 radical (unpaired) electrons. The van der Waals surface area contributed by atoms with Gasteiger partial charge >= 0.3 is 5.97 Å². The number of rotatable bonds is 2. The molecule has 3 heteroatoms. The minimum atomic E-state index is -0.371. The summed E-state index contributed by atoms with van der Waals surface area (Å²) in [7, 11) is 1.34. The fraction of sp³-hybridized carbons (Fsp3) is 0.182. The van der Waals surface area contributed by atoms with Gasteiger partial charge in [-0.05, 0) is 30.2 Å². The molecule has 0 N–H and O–H groups in total. The van der Waals surface area contributed by atoms with E-state index in [1.807, 2.05) is 25.1 Å². The molecule has 0 aliphatic rings. The maximum absolute atomic E-state index is 10.8. The third kappa shape index (κ3) is 2.60. The predicted molar refractivity (Wildman–Crippen MR) is 57.2 cm³/mol. The second kappa shape index (κ2) is 4.82. The number of benzene rings is 1. The third-order valence-electron chi connectivity index (χ3n) is 1.91. The van der Waals surface area contributed by atoms with Gasteiger partial charge in [0.2, 0.25) is 0 Å². The first kappa shape index (κ1) is 10.8. The van der Waals surface area contributed by atoms with Crippen molar-refractivity contribution in [1.29, 1.82) is 0 Å². The zero-order valence-corrected chi connectivity index (χ0v) is 8.84. The van der Waals surface area contributed by atoms with E-state index in [9.17, 15) is 4.79 Å². The van der Waals surface area contributed by atoms with Crippen LogP contribution in [0.1, 0.15) is 11.1 Å². The second-order valence-corrected chi connectivity index (χ2v) is 3.22. The molecule has 0 aliphatic carbocycles. The first-order valence-corrected chi connectivity index (χ1v) is 4.54. The van der Waals surface area contributed by atoms with Crippen molar-refractivity contribution in [2.45, 2.75) is 6.92 Å². The van der Waals surface area contributed by atoms with Crippen LogP contribution in [0, 0.1) is 6.92 Å². The van der Waals surface area contributed by atoms with Gasteiger partial charge in [0.25, 0.3) is 0 Å². The highest BCUT2D eigenvalue weighted by atomic mass is 35.5. The predicted octanol–water partition coefficient (Wildman–Crippen LogP) is 2.83. The van der Waals surface area contributed by atoms with Crippen molar-refractivity contribution in [2.75, 3.05) is 7.11 Å². The molecule has 0 unspecified atom stereocenters. The second-order valence-electron chi connectivity index (χ2n) is 2.81. The van der Waals surface area contributed by atoms with Gasteiger partial charge in [0, 0.05) is 11.1 Å². The van der Waals surface area contributed by atoms with Gasteiger partial charge in [0.05, 0.1) is 7.11 Å². The molecule has 0 fully saturated rings. The highest BCUT2D eigenvalue weighted by molar-refractivity contribution is 6.31. The number of halogens is 1. The van der Waals surface area contributed by atoms with Crippen LogP contribution in [0.2, 0.25) is 5.02 Å². The van der Waals surface area contributed by atoms with Crippen LogP contribution in [-0.4, -0.2) is 13.1 Å². The summed E-state index contributed by atoms with van der Waals surface area (Å²) in [5.41, 5.74) is 1.87. The minimum absolute atomic E-state index is 0.371. The lowest BCUT2D eigenvalue weighted by Crippen LogP contribution is -1.93. The highest BCUT2D eigenvalue weighted by Gasteiger charge is 1.99. The van der Waals surface area contributed by atoms with Crippen molar-refractivity contribution >= 4 is 23.6 Å². The number of ether oxygens (including phenoxy) is 1. The van der Waals surface area contributed by atoms with Crippen molar-refractivity contribution in [3.8, 4) is 0 Å². The Labute approximate surface area is 88.1 Å². The Hall–Kier alpha value is -1.28. The standard InChI is InChI=1S/C11H11ClO2/c1-8-9(4-3-5-10(8)12)6-7-11(13)14-2/h3-7H,1-2H3/b7-6+. The van der Waals surface area contributed by atoms with Gasteiger partial charge in [0.1, 0.15) is 0 Å². The van der Waals surface area contributed by atoms with Crippen LogP contribution in [0.3, 0.4) is 0 Å². The molecule has 0 aromatic heterocycles. The normalized spacial score (nSPS) is 10.5. The van der Waals surface area contributed by atoms with Crippen LogP contribution in [-0.2, 0) is 9.53 Å². The molecular weight excluding hydrogens is 200 g/mol. The highest BCUT2D eigenvalue weighted by Crippen LogP contribution is 2.19. The molecule has 14 heavy (non-hydrogen) atoms. The van der Waals surface area contributed by atoms with Crippen LogP contribution in [0.5, 0.6) is 0 Å². The fourth-order valence-corrected chi connectivity index (χ4v) is 1.21. The molecule has 0 saturated heterocycles. The minimum Gasteiger partial charge on any atom is -0.466 e. The number of carbonyl (C=O) groups excluding carboxylic acids is 1. The molecule has 0 heterocycles. The van der Waals surface area contributed by atoms with E-state index in [0.29, 0.717) is 5.02 Å². The van der Waals surface area contributed by atoms with Gasteiger partial charge < -0.3 is 4.74 Å². The van der Waals surface area contributed by atoms with E-state index in [1.165, 1.54) is 13.2 Å². The third-order valence-corrected chi connectivity index (χ3v) is 2.32. The zero-order chi connectivity index (χ0) is 10.6. The molecule has 74 valence electrons. The average Bonchev–Trinajstić information content (AvgIpc) is 2.20. The van der Waals surface area contributed by atoms with Crippen LogP contribution in [0.25, 0.3) is 6.08 Å². The molecule has 1 aromatic rings. The van der Waals surface area contributed by atoms with Gasteiger partial charge in [0.15, 0.2) is 0 Å².